The van der Waals surface area contributed by atoms with E-state index in [-0.39, 0.29) is 17.9 Å². The zero-order chi connectivity index (χ0) is 16.2. The number of carbonyl (C=O) groups excluding carboxylic acids is 1. The Morgan fingerprint density at radius 1 is 1.39 bits per heavy atom. The van der Waals surface area contributed by atoms with E-state index in [1.807, 2.05) is 43.5 Å². The van der Waals surface area contributed by atoms with E-state index in [1.54, 1.807) is 4.68 Å². The van der Waals surface area contributed by atoms with Crippen LogP contribution < -0.4 is 11.1 Å². The van der Waals surface area contributed by atoms with Crippen LogP contribution >= 0.6 is 0 Å². The maximum Gasteiger partial charge on any atom is 0.223 e. The van der Waals surface area contributed by atoms with Gasteiger partial charge in [0.05, 0.1) is 17.9 Å². The van der Waals surface area contributed by atoms with E-state index in [1.165, 1.54) is 0 Å². The second-order valence-corrected chi connectivity index (χ2v) is 6.19. The van der Waals surface area contributed by atoms with Crippen molar-refractivity contribution in [3.05, 3.63) is 42.2 Å². The number of aromatic nitrogens is 3. The number of hydrogen-bond acceptors (Lipinski definition) is 4. The molecule has 2 aromatic rings. The molecule has 1 unspecified atom stereocenters. The van der Waals surface area contributed by atoms with Crippen molar-refractivity contribution in [3.8, 4) is 5.69 Å². The Morgan fingerprint density at radius 2 is 2.17 bits per heavy atom. The molecule has 1 heterocycles. The molecule has 0 saturated heterocycles. The van der Waals surface area contributed by atoms with Crippen molar-refractivity contribution in [2.45, 2.75) is 32.2 Å². The zero-order valence-electron chi connectivity index (χ0n) is 13.4. The van der Waals surface area contributed by atoms with Gasteiger partial charge in [-0.05, 0) is 44.4 Å². The molecule has 6 heteroatoms. The number of hydrogen-bond donors (Lipinski definition) is 2. The molecule has 1 fully saturated rings. The molecule has 0 aliphatic heterocycles. The van der Waals surface area contributed by atoms with E-state index in [4.69, 9.17) is 5.73 Å². The first-order valence-electron chi connectivity index (χ1n) is 8.17. The van der Waals surface area contributed by atoms with E-state index in [2.05, 4.69) is 15.6 Å². The Morgan fingerprint density at radius 3 is 2.91 bits per heavy atom. The predicted octanol–water partition coefficient (Wildman–Crippen LogP) is 1.82. The van der Waals surface area contributed by atoms with E-state index in [0.717, 1.165) is 30.6 Å². The Bertz CT molecular complexity index is 654. The van der Waals surface area contributed by atoms with Gasteiger partial charge in [0.2, 0.25) is 5.91 Å². The molecule has 3 rings (SSSR count). The Labute approximate surface area is 136 Å². The van der Waals surface area contributed by atoms with Gasteiger partial charge in [0.15, 0.2) is 0 Å². The lowest BCUT2D eigenvalue weighted by atomic mass is 9.95. The molecule has 1 aromatic carbocycles. The highest BCUT2D eigenvalue weighted by molar-refractivity contribution is 5.79. The molecule has 1 amide bonds. The number of para-hydroxylation sites is 1. The zero-order valence-corrected chi connectivity index (χ0v) is 13.4. The van der Waals surface area contributed by atoms with Crippen molar-refractivity contribution in [2.75, 3.05) is 6.54 Å². The van der Waals surface area contributed by atoms with Gasteiger partial charge >= 0.3 is 0 Å². The van der Waals surface area contributed by atoms with Gasteiger partial charge in [-0.15, -0.1) is 5.10 Å². The van der Waals surface area contributed by atoms with Crippen molar-refractivity contribution >= 4 is 5.91 Å². The minimum Gasteiger partial charge on any atom is -0.348 e. The summed E-state index contributed by atoms with van der Waals surface area (Å²) in [4.78, 5) is 12.5. The average Bonchev–Trinajstić information content (AvgIpc) is 3.24. The maximum atomic E-state index is 12.5. The molecule has 3 N–H and O–H groups in total. The van der Waals surface area contributed by atoms with Crippen LogP contribution in [0.3, 0.4) is 0 Å². The van der Waals surface area contributed by atoms with Crippen molar-refractivity contribution in [1.29, 1.82) is 0 Å². The van der Waals surface area contributed by atoms with Crippen molar-refractivity contribution < 1.29 is 4.79 Å². The lowest BCUT2D eigenvalue weighted by Crippen LogP contribution is -2.36. The van der Waals surface area contributed by atoms with E-state index in [9.17, 15) is 4.79 Å². The summed E-state index contributed by atoms with van der Waals surface area (Å²) in [6.07, 6.45) is 4.91. The van der Waals surface area contributed by atoms with Gasteiger partial charge in [0.1, 0.15) is 5.69 Å². The standard InChI is InChI=1S/C17H23N5O/c1-12(19-17(23)15-9-5-6-13(15)10-18)16-11-22(21-20-16)14-7-3-2-4-8-14/h2-4,7-8,11-13,15H,5-6,9-10,18H2,1H3,(H,19,23)/t12?,13-,15-/m1/s1. The summed E-state index contributed by atoms with van der Waals surface area (Å²) in [7, 11) is 0. The molecule has 1 saturated carbocycles. The molecule has 6 nitrogen and oxygen atoms in total. The minimum atomic E-state index is -0.168. The molecule has 3 atom stereocenters. The monoisotopic (exact) mass is 313 g/mol. The SMILES string of the molecule is CC(NC(=O)[C@@H]1CCC[C@@H]1CN)c1cn(-c2ccccc2)nn1. The molecule has 23 heavy (non-hydrogen) atoms. The van der Waals surface area contributed by atoms with Gasteiger partial charge in [-0.3, -0.25) is 4.79 Å². The number of carbonyl (C=O) groups is 1. The third-order valence-corrected chi connectivity index (χ3v) is 4.63. The first-order valence-corrected chi connectivity index (χ1v) is 8.17. The predicted molar refractivity (Wildman–Crippen MR) is 87.8 cm³/mol. The largest absolute Gasteiger partial charge is 0.348 e. The van der Waals surface area contributed by atoms with Gasteiger partial charge in [-0.2, -0.15) is 0 Å². The number of nitrogens with two attached hydrogens (primary N) is 1. The average molecular weight is 313 g/mol. The third-order valence-electron chi connectivity index (χ3n) is 4.63. The summed E-state index contributed by atoms with van der Waals surface area (Å²) in [6, 6.07) is 9.63. The quantitative estimate of drug-likeness (QED) is 0.881. The van der Waals surface area contributed by atoms with E-state index >= 15 is 0 Å². The molecule has 0 radical (unpaired) electrons. The number of rotatable bonds is 5. The molecule has 0 spiro atoms. The number of amides is 1. The summed E-state index contributed by atoms with van der Waals surface area (Å²) in [5, 5.41) is 11.4. The van der Waals surface area contributed by atoms with Crippen LogP contribution in [0.25, 0.3) is 5.69 Å². The van der Waals surface area contributed by atoms with E-state index < -0.39 is 0 Å². The van der Waals surface area contributed by atoms with Crippen LogP contribution in [0.1, 0.15) is 37.9 Å². The van der Waals surface area contributed by atoms with Crippen LogP contribution in [0.15, 0.2) is 36.5 Å². The highest BCUT2D eigenvalue weighted by Crippen LogP contribution is 2.31. The van der Waals surface area contributed by atoms with Crippen LogP contribution in [-0.4, -0.2) is 27.4 Å². The Balaban J connectivity index is 1.66. The van der Waals surface area contributed by atoms with Crippen molar-refractivity contribution in [2.24, 2.45) is 17.6 Å². The molecular formula is C17H23N5O. The number of nitrogens with zero attached hydrogens (tertiary/aromatic N) is 3. The summed E-state index contributed by atoms with van der Waals surface area (Å²) >= 11 is 0. The van der Waals surface area contributed by atoms with Crippen molar-refractivity contribution in [3.63, 3.8) is 0 Å². The van der Waals surface area contributed by atoms with Gasteiger partial charge in [0, 0.05) is 5.92 Å². The fourth-order valence-corrected chi connectivity index (χ4v) is 3.24. The lowest BCUT2D eigenvalue weighted by Gasteiger charge is -2.19. The number of nitrogens with one attached hydrogen (secondary N) is 1. The second-order valence-electron chi connectivity index (χ2n) is 6.19. The van der Waals surface area contributed by atoms with Crippen LogP contribution in [0.4, 0.5) is 0 Å². The molecule has 1 aliphatic rings. The van der Waals surface area contributed by atoms with Gasteiger partial charge < -0.3 is 11.1 Å². The summed E-state index contributed by atoms with van der Waals surface area (Å²) in [6.45, 7) is 2.51. The molecule has 1 aliphatic carbocycles. The van der Waals surface area contributed by atoms with Crippen LogP contribution in [0.5, 0.6) is 0 Å². The Hall–Kier alpha value is -2.21. The van der Waals surface area contributed by atoms with Gasteiger partial charge in [0.25, 0.3) is 0 Å². The van der Waals surface area contributed by atoms with Crippen molar-refractivity contribution in [1.82, 2.24) is 20.3 Å². The fraction of sp³-hybridized carbons (Fsp3) is 0.471. The normalized spacial score (nSPS) is 22.0. The second kappa shape index (κ2) is 6.91. The van der Waals surface area contributed by atoms with Gasteiger partial charge in [-0.25, -0.2) is 4.68 Å². The lowest BCUT2D eigenvalue weighted by molar-refractivity contribution is -0.126. The maximum absolute atomic E-state index is 12.5. The van der Waals surface area contributed by atoms with E-state index in [0.29, 0.717) is 12.5 Å². The highest BCUT2D eigenvalue weighted by Gasteiger charge is 2.32. The van der Waals surface area contributed by atoms with Crippen LogP contribution in [0, 0.1) is 11.8 Å². The molecule has 1 aromatic heterocycles. The Kier molecular flexibility index (Phi) is 4.71. The van der Waals surface area contributed by atoms with Gasteiger partial charge in [-0.1, -0.05) is 29.8 Å². The minimum absolute atomic E-state index is 0.0339. The summed E-state index contributed by atoms with van der Waals surface area (Å²) in [5.41, 5.74) is 7.47. The highest BCUT2D eigenvalue weighted by atomic mass is 16.2. The first kappa shape index (κ1) is 15.7. The third kappa shape index (κ3) is 3.42. The van der Waals surface area contributed by atoms with Crippen LogP contribution in [-0.2, 0) is 4.79 Å². The molecular weight excluding hydrogens is 290 g/mol. The molecule has 0 bridgehead atoms. The number of benzene rings is 1. The summed E-state index contributed by atoms with van der Waals surface area (Å²) in [5.74, 6) is 0.425. The smallest absolute Gasteiger partial charge is 0.223 e. The van der Waals surface area contributed by atoms with Crippen LogP contribution in [0.2, 0.25) is 0 Å². The summed E-state index contributed by atoms with van der Waals surface area (Å²) < 4.78 is 1.72. The first-order chi connectivity index (χ1) is 11.2. The molecule has 122 valence electrons. The fourth-order valence-electron chi connectivity index (χ4n) is 3.24. The topological polar surface area (TPSA) is 85.8 Å².